The quantitative estimate of drug-likeness (QED) is 0.792. The maximum Gasteiger partial charge on any atom is 0.411 e. The Kier molecular flexibility index (Phi) is 5.84. The summed E-state index contributed by atoms with van der Waals surface area (Å²) in [5, 5.41) is 2.63. The number of benzene rings is 1. The highest BCUT2D eigenvalue weighted by atomic mass is 16.5. The van der Waals surface area contributed by atoms with Crippen LogP contribution in [-0.4, -0.2) is 26.9 Å². The lowest BCUT2D eigenvalue weighted by molar-refractivity contribution is 0.160. The first-order valence-corrected chi connectivity index (χ1v) is 5.87. The van der Waals surface area contributed by atoms with E-state index in [1.165, 1.54) is 0 Å². The summed E-state index contributed by atoms with van der Waals surface area (Å²) in [6.45, 7) is 2.46. The van der Waals surface area contributed by atoms with Gasteiger partial charge in [-0.15, -0.1) is 0 Å². The SMILES string of the molecule is CCCCOC(=O)Nc1ccc(OC)c(OC)c1. The van der Waals surface area contributed by atoms with Crippen molar-refractivity contribution in [1.29, 1.82) is 0 Å². The van der Waals surface area contributed by atoms with Gasteiger partial charge in [0.1, 0.15) is 0 Å². The average Bonchev–Trinajstić information content (AvgIpc) is 2.39. The third-order valence-electron chi connectivity index (χ3n) is 2.36. The molecule has 0 aromatic heterocycles. The molecule has 1 aromatic carbocycles. The van der Waals surface area contributed by atoms with Crippen molar-refractivity contribution < 1.29 is 19.0 Å². The fourth-order valence-corrected chi connectivity index (χ4v) is 1.38. The van der Waals surface area contributed by atoms with Crippen LogP contribution in [0.2, 0.25) is 0 Å². The van der Waals surface area contributed by atoms with Gasteiger partial charge in [0, 0.05) is 11.8 Å². The number of rotatable bonds is 6. The second kappa shape index (κ2) is 7.42. The van der Waals surface area contributed by atoms with Crippen LogP contribution in [0.3, 0.4) is 0 Å². The monoisotopic (exact) mass is 253 g/mol. The van der Waals surface area contributed by atoms with Gasteiger partial charge in [-0.3, -0.25) is 5.32 Å². The van der Waals surface area contributed by atoms with E-state index in [-0.39, 0.29) is 0 Å². The number of carbonyl (C=O) groups excluding carboxylic acids is 1. The van der Waals surface area contributed by atoms with Crippen molar-refractivity contribution in [2.45, 2.75) is 19.8 Å². The van der Waals surface area contributed by atoms with Gasteiger partial charge in [0.15, 0.2) is 11.5 Å². The highest BCUT2D eigenvalue weighted by molar-refractivity contribution is 5.85. The molecule has 0 atom stereocenters. The zero-order valence-electron chi connectivity index (χ0n) is 11.0. The van der Waals surface area contributed by atoms with Gasteiger partial charge in [-0.2, -0.15) is 0 Å². The lowest BCUT2D eigenvalue weighted by Crippen LogP contribution is -2.14. The number of nitrogens with one attached hydrogen (secondary N) is 1. The third-order valence-corrected chi connectivity index (χ3v) is 2.36. The zero-order chi connectivity index (χ0) is 13.4. The van der Waals surface area contributed by atoms with Crippen LogP contribution < -0.4 is 14.8 Å². The summed E-state index contributed by atoms with van der Waals surface area (Å²) in [5.41, 5.74) is 0.606. The van der Waals surface area contributed by atoms with Crippen LogP contribution in [-0.2, 0) is 4.74 Å². The Balaban J connectivity index is 2.59. The van der Waals surface area contributed by atoms with Crippen molar-refractivity contribution in [1.82, 2.24) is 0 Å². The fraction of sp³-hybridized carbons (Fsp3) is 0.462. The Morgan fingerprint density at radius 3 is 2.56 bits per heavy atom. The Morgan fingerprint density at radius 2 is 1.94 bits per heavy atom. The van der Waals surface area contributed by atoms with Gasteiger partial charge in [-0.05, 0) is 18.6 Å². The number of carbonyl (C=O) groups is 1. The molecule has 0 radical (unpaired) electrons. The molecule has 0 spiro atoms. The van der Waals surface area contributed by atoms with E-state index in [2.05, 4.69) is 5.32 Å². The number of hydrogen-bond donors (Lipinski definition) is 1. The largest absolute Gasteiger partial charge is 0.493 e. The molecule has 0 aliphatic carbocycles. The Morgan fingerprint density at radius 1 is 1.22 bits per heavy atom. The van der Waals surface area contributed by atoms with E-state index in [0.29, 0.717) is 23.8 Å². The maximum atomic E-state index is 11.4. The summed E-state index contributed by atoms with van der Waals surface area (Å²) < 4.78 is 15.2. The van der Waals surface area contributed by atoms with Crippen LogP contribution >= 0.6 is 0 Å². The number of unbranched alkanes of at least 4 members (excludes halogenated alkanes) is 1. The lowest BCUT2D eigenvalue weighted by Gasteiger charge is -2.10. The van der Waals surface area contributed by atoms with Crippen LogP contribution in [0.15, 0.2) is 18.2 Å². The molecule has 1 aromatic rings. The van der Waals surface area contributed by atoms with Gasteiger partial charge in [-0.1, -0.05) is 13.3 Å². The van der Waals surface area contributed by atoms with Crippen molar-refractivity contribution in [2.75, 3.05) is 26.1 Å². The molecular formula is C13H19NO4. The fourth-order valence-electron chi connectivity index (χ4n) is 1.38. The highest BCUT2D eigenvalue weighted by Gasteiger charge is 2.07. The summed E-state index contributed by atoms with van der Waals surface area (Å²) >= 11 is 0. The first kappa shape index (κ1) is 14.2. The van der Waals surface area contributed by atoms with Gasteiger partial charge in [0.25, 0.3) is 0 Å². The topological polar surface area (TPSA) is 56.8 Å². The van der Waals surface area contributed by atoms with Gasteiger partial charge >= 0.3 is 6.09 Å². The molecule has 1 rings (SSSR count). The van der Waals surface area contributed by atoms with Crippen molar-refractivity contribution in [3.63, 3.8) is 0 Å². The summed E-state index contributed by atoms with van der Waals surface area (Å²) in [6, 6.07) is 5.13. The molecule has 100 valence electrons. The standard InChI is InChI=1S/C13H19NO4/c1-4-5-8-18-13(15)14-10-6-7-11(16-2)12(9-10)17-3/h6-7,9H,4-5,8H2,1-3H3,(H,14,15). The number of hydrogen-bond acceptors (Lipinski definition) is 4. The third kappa shape index (κ3) is 4.16. The number of amides is 1. The molecule has 5 heteroatoms. The molecule has 0 saturated carbocycles. The summed E-state index contributed by atoms with van der Waals surface area (Å²) in [6.07, 6.45) is 1.39. The van der Waals surface area contributed by atoms with E-state index in [0.717, 1.165) is 12.8 Å². The first-order valence-electron chi connectivity index (χ1n) is 5.87. The Hall–Kier alpha value is -1.91. The number of methoxy groups -OCH3 is 2. The second-order valence-corrected chi connectivity index (χ2v) is 3.68. The van der Waals surface area contributed by atoms with E-state index in [4.69, 9.17) is 14.2 Å². The van der Waals surface area contributed by atoms with E-state index in [9.17, 15) is 4.79 Å². The summed E-state index contributed by atoms with van der Waals surface area (Å²) in [4.78, 5) is 11.4. The van der Waals surface area contributed by atoms with Crippen molar-refractivity contribution in [3.05, 3.63) is 18.2 Å². The predicted octanol–water partition coefficient (Wildman–Crippen LogP) is 3.05. The highest BCUT2D eigenvalue weighted by Crippen LogP contribution is 2.29. The molecular weight excluding hydrogens is 234 g/mol. The van der Waals surface area contributed by atoms with Crippen LogP contribution in [0.1, 0.15) is 19.8 Å². The molecule has 1 N–H and O–H groups in total. The maximum absolute atomic E-state index is 11.4. The Bertz CT molecular complexity index is 393. The minimum atomic E-state index is -0.462. The Labute approximate surface area is 107 Å². The molecule has 0 aliphatic rings. The van der Waals surface area contributed by atoms with Crippen LogP contribution in [0.25, 0.3) is 0 Å². The van der Waals surface area contributed by atoms with E-state index in [1.54, 1.807) is 32.4 Å². The van der Waals surface area contributed by atoms with Crippen molar-refractivity contribution >= 4 is 11.8 Å². The van der Waals surface area contributed by atoms with Gasteiger partial charge < -0.3 is 14.2 Å². The smallest absolute Gasteiger partial charge is 0.411 e. The minimum Gasteiger partial charge on any atom is -0.493 e. The second-order valence-electron chi connectivity index (χ2n) is 3.68. The molecule has 0 fully saturated rings. The average molecular weight is 253 g/mol. The number of anilines is 1. The molecule has 1 amide bonds. The molecule has 0 unspecified atom stereocenters. The van der Waals surface area contributed by atoms with Crippen LogP contribution in [0, 0.1) is 0 Å². The first-order chi connectivity index (χ1) is 8.71. The zero-order valence-corrected chi connectivity index (χ0v) is 11.0. The molecule has 0 saturated heterocycles. The summed E-state index contributed by atoms with van der Waals surface area (Å²) in [7, 11) is 3.10. The van der Waals surface area contributed by atoms with Gasteiger partial charge in [0.2, 0.25) is 0 Å². The molecule has 18 heavy (non-hydrogen) atoms. The summed E-state index contributed by atoms with van der Waals surface area (Å²) in [5.74, 6) is 1.17. The van der Waals surface area contributed by atoms with Gasteiger partial charge in [0.05, 0.1) is 20.8 Å². The normalized spacial score (nSPS) is 9.72. The van der Waals surface area contributed by atoms with E-state index in [1.807, 2.05) is 6.92 Å². The molecule has 0 heterocycles. The van der Waals surface area contributed by atoms with Crippen LogP contribution in [0.4, 0.5) is 10.5 Å². The lowest BCUT2D eigenvalue weighted by atomic mass is 10.3. The van der Waals surface area contributed by atoms with Crippen LogP contribution in [0.5, 0.6) is 11.5 Å². The van der Waals surface area contributed by atoms with Crippen molar-refractivity contribution in [3.8, 4) is 11.5 Å². The predicted molar refractivity (Wildman–Crippen MR) is 69.4 cm³/mol. The molecule has 0 aliphatic heterocycles. The van der Waals surface area contributed by atoms with Gasteiger partial charge in [-0.25, -0.2) is 4.79 Å². The molecule has 0 bridgehead atoms. The van der Waals surface area contributed by atoms with E-state index < -0.39 is 6.09 Å². The van der Waals surface area contributed by atoms with E-state index >= 15 is 0 Å². The minimum absolute atomic E-state index is 0.426. The number of ether oxygens (including phenoxy) is 3. The molecule has 5 nitrogen and oxygen atoms in total. The van der Waals surface area contributed by atoms with Crippen molar-refractivity contribution in [2.24, 2.45) is 0 Å².